The van der Waals surface area contributed by atoms with Gasteiger partial charge in [0, 0.05) is 0 Å². The van der Waals surface area contributed by atoms with Crippen molar-refractivity contribution in [2.45, 2.75) is 83.2 Å². The predicted molar refractivity (Wildman–Crippen MR) is 141 cm³/mol. The van der Waals surface area contributed by atoms with E-state index in [0.29, 0.717) is 30.2 Å². The van der Waals surface area contributed by atoms with Crippen LogP contribution in [0.2, 0.25) is 0 Å². The lowest BCUT2D eigenvalue weighted by Gasteiger charge is -2.24. The molecule has 1 aliphatic heterocycles. The van der Waals surface area contributed by atoms with Crippen LogP contribution in [-0.2, 0) is 34.0 Å². The SMILES string of the molecule is CCCCCc1ccc(S(=O)(=O)CCc2cccc(CN3C(=N)NC(C)(CC(C)C)C3=O)c2)cc1. The normalized spacial score (nSPS) is 18.4. The zero-order chi connectivity index (χ0) is 25.6. The molecule has 1 atom stereocenters. The van der Waals surface area contributed by atoms with Crippen molar-refractivity contribution in [2.75, 3.05) is 5.75 Å². The van der Waals surface area contributed by atoms with E-state index in [1.807, 2.05) is 43.3 Å². The Morgan fingerprint density at radius 3 is 2.34 bits per heavy atom. The molecule has 190 valence electrons. The minimum Gasteiger partial charge on any atom is -0.342 e. The Bertz CT molecular complexity index is 1140. The molecule has 7 heteroatoms. The number of guanidine groups is 1. The number of sulfone groups is 1. The molecule has 1 saturated heterocycles. The second-order valence-electron chi connectivity index (χ2n) is 10.3. The molecule has 1 fully saturated rings. The van der Waals surface area contributed by atoms with Gasteiger partial charge in [0.2, 0.25) is 0 Å². The highest BCUT2D eigenvalue weighted by Crippen LogP contribution is 2.26. The summed E-state index contributed by atoms with van der Waals surface area (Å²) >= 11 is 0. The first-order valence-electron chi connectivity index (χ1n) is 12.6. The zero-order valence-corrected chi connectivity index (χ0v) is 22.2. The van der Waals surface area contributed by atoms with Crippen LogP contribution in [0.15, 0.2) is 53.4 Å². The highest BCUT2D eigenvalue weighted by atomic mass is 32.2. The predicted octanol–water partition coefficient (Wildman–Crippen LogP) is 5.11. The van der Waals surface area contributed by atoms with Crippen molar-refractivity contribution in [3.63, 3.8) is 0 Å². The number of amides is 1. The van der Waals surface area contributed by atoms with Crippen LogP contribution in [0, 0.1) is 11.3 Å². The van der Waals surface area contributed by atoms with Crippen molar-refractivity contribution in [3.05, 3.63) is 65.2 Å². The number of rotatable bonds is 12. The van der Waals surface area contributed by atoms with E-state index in [4.69, 9.17) is 5.41 Å². The number of carbonyl (C=O) groups is 1. The Hall–Kier alpha value is -2.67. The summed E-state index contributed by atoms with van der Waals surface area (Å²) in [7, 11) is -3.39. The molecule has 2 aromatic rings. The molecule has 0 radical (unpaired) electrons. The summed E-state index contributed by atoms with van der Waals surface area (Å²) in [6, 6.07) is 14.9. The molecule has 3 rings (SSSR count). The number of aryl methyl sites for hydroxylation is 2. The largest absolute Gasteiger partial charge is 0.342 e. The first-order chi connectivity index (χ1) is 16.5. The highest BCUT2D eigenvalue weighted by Gasteiger charge is 2.45. The number of carbonyl (C=O) groups excluding carboxylic acids is 1. The topological polar surface area (TPSA) is 90.3 Å². The van der Waals surface area contributed by atoms with Crippen LogP contribution in [-0.4, -0.2) is 36.5 Å². The number of unbranched alkanes of at least 4 members (excludes halogenated alkanes) is 2. The number of hydrogen-bond acceptors (Lipinski definition) is 4. The van der Waals surface area contributed by atoms with Gasteiger partial charge in [0.25, 0.3) is 5.91 Å². The fourth-order valence-corrected chi connectivity index (χ4v) is 6.06. The fraction of sp³-hybridized carbons (Fsp3) is 0.500. The van der Waals surface area contributed by atoms with Gasteiger partial charge in [-0.05, 0) is 67.3 Å². The van der Waals surface area contributed by atoms with Crippen molar-refractivity contribution >= 4 is 21.7 Å². The molecule has 0 saturated carbocycles. The lowest BCUT2D eigenvalue weighted by Crippen LogP contribution is -2.44. The molecule has 0 aromatic heterocycles. The van der Waals surface area contributed by atoms with Crippen LogP contribution in [0.3, 0.4) is 0 Å². The fourth-order valence-electron chi connectivity index (χ4n) is 4.77. The van der Waals surface area contributed by atoms with E-state index in [1.165, 1.54) is 23.3 Å². The maximum absolute atomic E-state index is 13.0. The lowest BCUT2D eigenvalue weighted by molar-refractivity contribution is -0.131. The molecule has 0 spiro atoms. The first-order valence-corrected chi connectivity index (χ1v) is 14.3. The third-order valence-corrected chi connectivity index (χ3v) is 8.27. The van der Waals surface area contributed by atoms with Gasteiger partial charge in [-0.2, -0.15) is 0 Å². The van der Waals surface area contributed by atoms with E-state index in [2.05, 4.69) is 26.1 Å². The van der Waals surface area contributed by atoms with Crippen LogP contribution in [0.25, 0.3) is 0 Å². The van der Waals surface area contributed by atoms with E-state index in [0.717, 1.165) is 24.0 Å². The summed E-state index contributed by atoms with van der Waals surface area (Å²) in [5.74, 6) is 0.372. The van der Waals surface area contributed by atoms with E-state index >= 15 is 0 Å². The minimum atomic E-state index is -3.39. The van der Waals surface area contributed by atoms with E-state index in [9.17, 15) is 13.2 Å². The number of benzene rings is 2. The summed E-state index contributed by atoms with van der Waals surface area (Å²) in [5, 5.41) is 11.3. The summed E-state index contributed by atoms with van der Waals surface area (Å²) in [4.78, 5) is 14.9. The Labute approximate surface area is 210 Å². The van der Waals surface area contributed by atoms with Crippen LogP contribution in [0.4, 0.5) is 0 Å². The quantitative estimate of drug-likeness (QED) is 0.399. The van der Waals surface area contributed by atoms with Gasteiger partial charge in [-0.1, -0.05) is 70.0 Å². The maximum Gasteiger partial charge on any atom is 0.255 e. The van der Waals surface area contributed by atoms with E-state index < -0.39 is 15.4 Å². The molecule has 1 amide bonds. The van der Waals surface area contributed by atoms with Crippen LogP contribution in [0.5, 0.6) is 0 Å². The van der Waals surface area contributed by atoms with E-state index in [-0.39, 0.29) is 17.6 Å². The van der Waals surface area contributed by atoms with Gasteiger partial charge in [0.15, 0.2) is 15.8 Å². The smallest absolute Gasteiger partial charge is 0.255 e. The Balaban J connectivity index is 1.62. The van der Waals surface area contributed by atoms with Crippen molar-refractivity contribution in [3.8, 4) is 0 Å². The molecule has 1 heterocycles. The molecule has 2 N–H and O–H groups in total. The van der Waals surface area contributed by atoms with Gasteiger partial charge >= 0.3 is 0 Å². The molecule has 0 bridgehead atoms. The van der Waals surface area contributed by atoms with Gasteiger partial charge in [0.05, 0.1) is 17.2 Å². The van der Waals surface area contributed by atoms with Crippen LogP contribution in [0.1, 0.15) is 70.1 Å². The minimum absolute atomic E-state index is 0.0259. The Morgan fingerprint density at radius 1 is 1.00 bits per heavy atom. The van der Waals surface area contributed by atoms with Gasteiger partial charge in [-0.25, -0.2) is 8.42 Å². The lowest BCUT2D eigenvalue weighted by atomic mass is 9.91. The van der Waals surface area contributed by atoms with Crippen LogP contribution < -0.4 is 5.32 Å². The van der Waals surface area contributed by atoms with Crippen molar-refractivity contribution < 1.29 is 13.2 Å². The molecule has 35 heavy (non-hydrogen) atoms. The third-order valence-electron chi connectivity index (χ3n) is 6.54. The average Bonchev–Trinajstić information content (AvgIpc) is 3.00. The molecule has 0 aliphatic carbocycles. The Kier molecular flexibility index (Phi) is 8.75. The standard InChI is InChI=1S/C28H39N3O3S/c1-5-6-7-9-22-12-14-25(15-13-22)35(33,34)17-16-23-10-8-11-24(18-23)20-31-26(32)28(4,19-21(2)3)30-27(31)29/h8,10-15,18,21H,5-7,9,16-17,19-20H2,1-4H3,(H2,29,30). The van der Waals surface area contributed by atoms with Crippen molar-refractivity contribution in [1.82, 2.24) is 10.2 Å². The monoisotopic (exact) mass is 497 g/mol. The molecule has 2 aromatic carbocycles. The van der Waals surface area contributed by atoms with Gasteiger partial charge in [-0.3, -0.25) is 15.1 Å². The maximum atomic E-state index is 13.0. The van der Waals surface area contributed by atoms with Crippen molar-refractivity contribution in [2.24, 2.45) is 5.92 Å². The molecule has 6 nitrogen and oxygen atoms in total. The molecule has 1 aliphatic rings. The van der Waals surface area contributed by atoms with Gasteiger partial charge < -0.3 is 5.32 Å². The van der Waals surface area contributed by atoms with Gasteiger partial charge in [-0.15, -0.1) is 0 Å². The van der Waals surface area contributed by atoms with Gasteiger partial charge in [0.1, 0.15) is 5.54 Å². The highest BCUT2D eigenvalue weighted by molar-refractivity contribution is 7.91. The summed E-state index contributed by atoms with van der Waals surface area (Å²) in [6.07, 6.45) is 5.49. The first kappa shape index (κ1) is 26.9. The number of hydrogen-bond donors (Lipinski definition) is 2. The van der Waals surface area contributed by atoms with E-state index in [1.54, 1.807) is 12.1 Å². The second kappa shape index (κ2) is 11.4. The second-order valence-corrected chi connectivity index (χ2v) is 12.4. The summed E-state index contributed by atoms with van der Waals surface area (Å²) < 4.78 is 25.8. The summed E-state index contributed by atoms with van der Waals surface area (Å²) in [6.45, 7) is 8.43. The van der Waals surface area contributed by atoms with Crippen LogP contribution >= 0.6 is 0 Å². The molecular weight excluding hydrogens is 458 g/mol. The molecular formula is C28H39N3O3S. The van der Waals surface area contributed by atoms with Crippen molar-refractivity contribution in [1.29, 1.82) is 5.41 Å². The molecule has 1 unspecified atom stereocenters. The zero-order valence-electron chi connectivity index (χ0n) is 21.4. The summed E-state index contributed by atoms with van der Waals surface area (Å²) in [5.41, 5.74) is 2.19. The average molecular weight is 498 g/mol. The Morgan fingerprint density at radius 2 is 1.69 bits per heavy atom. The number of nitrogens with zero attached hydrogens (tertiary/aromatic N) is 1. The third kappa shape index (κ3) is 6.94. The number of nitrogens with one attached hydrogen (secondary N) is 2.